The maximum absolute atomic E-state index is 2.29. The van der Waals surface area contributed by atoms with Crippen molar-refractivity contribution in [1.82, 2.24) is 0 Å². The minimum Gasteiger partial charge on any atom is -0.196 e. The number of fused-ring (bicyclic) bond motifs is 1. The second kappa shape index (κ2) is 12.0. The summed E-state index contributed by atoms with van der Waals surface area (Å²) in [7, 11) is 1.08. The third kappa shape index (κ3) is 8.44. The molecular weight excluding hydrogens is 507 g/mol. The van der Waals surface area contributed by atoms with Crippen LogP contribution in [0.3, 0.4) is 0 Å². The molecule has 3 rings (SSSR count). The summed E-state index contributed by atoms with van der Waals surface area (Å²) in [5.41, 5.74) is 7.60. The molecule has 0 atom stereocenters. The Balaban J connectivity index is 0.000000452. The first-order chi connectivity index (χ1) is 12.1. The molecule has 2 heteroatoms. The van der Waals surface area contributed by atoms with Crippen molar-refractivity contribution in [3.63, 3.8) is 0 Å². The Morgan fingerprint density at radius 2 is 1.37 bits per heavy atom. The van der Waals surface area contributed by atoms with Crippen LogP contribution in [-0.4, -0.2) is 9.52 Å². The van der Waals surface area contributed by atoms with E-state index in [4.69, 9.17) is 0 Å². The van der Waals surface area contributed by atoms with Gasteiger partial charge in [-0.1, -0.05) is 74.0 Å². The summed E-state index contributed by atoms with van der Waals surface area (Å²) in [6, 6.07) is 15.3. The summed E-state index contributed by atoms with van der Waals surface area (Å²) in [5.74, 6) is 0. The molecule has 3 aromatic carbocycles. The Morgan fingerprint density at radius 1 is 0.889 bits per heavy atom. The molecule has 0 spiro atoms. The van der Waals surface area contributed by atoms with Crippen molar-refractivity contribution >= 4 is 20.3 Å². The van der Waals surface area contributed by atoms with Gasteiger partial charge in [0.1, 0.15) is 0 Å². The second-order valence-electron chi connectivity index (χ2n) is 8.44. The minimum absolute atomic E-state index is 0. The predicted molar refractivity (Wildman–Crippen MR) is 121 cm³/mol. The van der Waals surface area contributed by atoms with Crippen LogP contribution in [0.25, 0.3) is 10.8 Å². The van der Waals surface area contributed by atoms with Crippen molar-refractivity contribution in [3.05, 3.63) is 70.3 Å². The number of hydrogen-bond donors (Lipinski definition) is 0. The van der Waals surface area contributed by atoms with Crippen LogP contribution in [0.1, 0.15) is 48.6 Å². The van der Waals surface area contributed by atoms with Crippen LogP contribution in [0.4, 0.5) is 0 Å². The maximum atomic E-state index is 2.29. The molecule has 0 saturated carbocycles. The van der Waals surface area contributed by atoms with E-state index in [9.17, 15) is 0 Å². The zero-order valence-corrected chi connectivity index (χ0v) is 23.3. The number of rotatable bonds is 1. The average molecular weight is 543 g/mol. The fourth-order valence-electron chi connectivity index (χ4n) is 3.07. The maximum Gasteiger partial charge on any atom is 0.0307 e. The quantitative estimate of drug-likeness (QED) is 0.220. The molecule has 2 radical (unpaired) electrons. The van der Waals surface area contributed by atoms with Gasteiger partial charge >= 0.3 is 0 Å². The molecule has 0 aliphatic rings. The molecule has 0 unspecified atom stereocenters. The van der Waals surface area contributed by atoms with Crippen LogP contribution in [-0.2, 0) is 32.3 Å². The van der Waals surface area contributed by atoms with Crippen molar-refractivity contribution in [3.8, 4) is 0 Å². The fourth-order valence-corrected chi connectivity index (χ4v) is 3.07. The van der Waals surface area contributed by atoms with Gasteiger partial charge in [0, 0.05) is 35.4 Å². The second-order valence-corrected chi connectivity index (χ2v) is 9.44. The van der Waals surface area contributed by atoms with Gasteiger partial charge in [-0.2, -0.15) is 33.9 Å². The van der Waals surface area contributed by atoms with E-state index in [1.807, 2.05) is 0 Å². The molecule has 146 valence electrons. The summed E-state index contributed by atoms with van der Waals surface area (Å²) in [6.45, 7) is 19.8. The molecule has 0 amide bonds. The van der Waals surface area contributed by atoms with E-state index in [1.165, 1.54) is 38.6 Å². The van der Waals surface area contributed by atoms with Gasteiger partial charge in [-0.3, -0.25) is 0 Å². The van der Waals surface area contributed by atoms with E-state index < -0.39 is 0 Å². The molecule has 0 heterocycles. The number of benzene rings is 1. The van der Waals surface area contributed by atoms with E-state index in [2.05, 4.69) is 104 Å². The Kier molecular flexibility index (Phi) is 11.6. The monoisotopic (exact) mass is 544 g/mol. The van der Waals surface area contributed by atoms with Gasteiger partial charge in [0.2, 0.25) is 0 Å². The minimum atomic E-state index is 0. The smallest absolute Gasteiger partial charge is 0.0307 e. The Bertz CT molecular complexity index is 777. The summed E-state index contributed by atoms with van der Waals surface area (Å²) in [6.07, 6.45) is 1.15. The Morgan fingerprint density at radius 3 is 1.78 bits per heavy atom. The van der Waals surface area contributed by atoms with Crippen molar-refractivity contribution < 1.29 is 25.8 Å². The molecule has 0 aliphatic heterocycles. The summed E-state index contributed by atoms with van der Waals surface area (Å²) >= 11 is 0. The molecule has 0 saturated heterocycles. The van der Waals surface area contributed by atoms with Gasteiger partial charge in [0.05, 0.1) is 0 Å². The Labute approximate surface area is 189 Å². The zero-order chi connectivity index (χ0) is 19.9. The van der Waals surface area contributed by atoms with Crippen LogP contribution in [0.15, 0.2) is 42.5 Å². The number of aryl methyl sites for hydroxylation is 2. The topological polar surface area (TPSA) is 0 Å². The zero-order valence-electron chi connectivity index (χ0n) is 18.7. The third-order valence-corrected chi connectivity index (χ3v) is 4.67. The third-order valence-electron chi connectivity index (χ3n) is 4.67. The van der Waals surface area contributed by atoms with Gasteiger partial charge in [0.25, 0.3) is 0 Å². The normalized spacial score (nSPS) is 10.4. The Hall–Kier alpha value is -0.733. The van der Waals surface area contributed by atoms with E-state index in [1.54, 1.807) is 0 Å². The molecular formula is C25H36HfSi-2. The average Bonchev–Trinajstić information content (AvgIpc) is 3.05. The summed E-state index contributed by atoms with van der Waals surface area (Å²) in [4.78, 5) is 0. The van der Waals surface area contributed by atoms with Crippen LogP contribution >= 0.6 is 0 Å². The predicted octanol–water partition coefficient (Wildman–Crippen LogP) is 7.57. The van der Waals surface area contributed by atoms with Gasteiger partial charge in [-0.15, -0.1) is 41.1 Å². The van der Waals surface area contributed by atoms with E-state index >= 15 is 0 Å². The van der Waals surface area contributed by atoms with Crippen LogP contribution in [0.5, 0.6) is 0 Å². The van der Waals surface area contributed by atoms with Crippen LogP contribution in [0.2, 0.25) is 13.1 Å². The van der Waals surface area contributed by atoms with Gasteiger partial charge in [0.15, 0.2) is 0 Å². The van der Waals surface area contributed by atoms with Crippen molar-refractivity contribution in [2.45, 2.75) is 68.0 Å². The van der Waals surface area contributed by atoms with Gasteiger partial charge in [-0.05, 0) is 5.41 Å². The number of hydrogen-bond acceptors (Lipinski definition) is 0. The molecule has 0 bridgehead atoms. The van der Waals surface area contributed by atoms with Gasteiger partial charge < -0.3 is 0 Å². The first kappa shape index (κ1) is 26.3. The fraction of sp³-hybridized carbons (Fsp3) is 0.440. The molecule has 0 fully saturated rings. The molecule has 0 aliphatic carbocycles. The molecule has 27 heavy (non-hydrogen) atoms. The van der Waals surface area contributed by atoms with Crippen LogP contribution in [0, 0.1) is 33.1 Å². The van der Waals surface area contributed by atoms with Crippen molar-refractivity contribution in [2.24, 2.45) is 5.41 Å². The van der Waals surface area contributed by atoms with E-state index in [-0.39, 0.29) is 25.8 Å². The summed E-state index contributed by atoms with van der Waals surface area (Å²) in [5, 5.41) is 2.79. The largest absolute Gasteiger partial charge is 0.196 e. The van der Waals surface area contributed by atoms with Gasteiger partial charge in [-0.25, -0.2) is 0 Å². The van der Waals surface area contributed by atoms with Crippen molar-refractivity contribution in [1.29, 1.82) is 0 Å². The molecule has 0 N–H and O–H groups in total. The van der Waals surface area contributed by atoms with Crippen LogP contribution < -0.4 is 0 Å². The standard InChI is InChI=1S/C14H17.C9H13.C2H6Si.Hf/c1-14(2,3)10-12-9-8-11-6-4-5-7-13(11)12;1-6-5-7(2)9(4)8(6)3;1-3-2;/h4-9H,10H2,1-3H3;5H,1-4H3;1-2H3;/q2*-1;;. The molecule has 0 aromatic heterocycles. The van der Waals surface area contributed by atoms with E-state index in [0.29, 0.717) is 5.41 Å². The van der Waals surface area contributed by atoms with E-state index in [0.717, 1.165) is 15.9 Å². The first-order valence-electron chi connectivity index (χ1n) is 9.52. The molecule has 3 aromatic rings. The summed E-state index contributed by atoms with van der Waals surface area (Å²) < 4.78 is 0. The first-order valence-corrected chi connectivity index (χ1v) is 11.5. The molecule has 0 nitrogen and oxygen atoms in total. The SMILES string of the molecule is CC(C)(C)Cc1c[cH-]c2ccccc12.C[Si]C.Cc1[cH-]c(C)c(C)c1C.[Hf]. The van der Waals surface area contributed by atoms with Crippen molar-refractivity contribution in [2.75, 3.05) is 0 Å².